The van der Waals surface area contributed by atoms with E-state index >= 15 is 0 Å². The number of imide groups is 1. The van der Waals surface area contributed by atoms with Crippen LogP contribution in [0.1, 0.15) is 31.1 Å². The van der Waals surface area contributed by atoms with Gasteiger partial charge in [0, 0.05) is 11.6 Å². The van der Waals surface area contributed by atoms with Crippen LogP contribution in [0.5, 0.6) is 5.75 Å². The molecule has 8 nitrogen and oxygen atoms in total. The molecule has 1 aliphatic rings. The Morgan fingerprint density at radius 3 is 2.12 bits per heavy atom. The number of carbonyl (C=O) groups is 4. The first-order valence-corrected chi connectivity index (χ1v) is 10.2. The Kier molecular flexibility index (Phi) is 5.85. The Bertz CT molecular complexity index is 1260. The van der Waals surface area contributed by atoms with Crippen LogP contribution in [0.15, 0.2) is 66.7 Å². The summed E-state index contributed by atoms with van der Waals surface area (Å²) in [7, 11) is 1.41. The number of methoxy groups -OCH3 is 1. The first-order chi connectivity index (χ1) is 15.8. The normalized spacial score (nSPS) is 13.5. The highest BCUT2D eigenvalue weighted by molar-refractivity contribution is 6.35. The average molecular weight is 464 g/mol. The number of nitrogen functional groups attached to an aromatic ring is 1. The molecule has 3 aromatic carbocycles. The topological polar surface area (TPSA) is 119 Å². The fraction of sp³-hybridized carbons (Fsp3) is 0.0833. The van der Waals surface area contributed by atoms with Gasteiger partial charge in [0.2, 0.25) is 0 Å². The fourth-order valence-corrected chi connectivity index (χ4v) is 3.80. The van der Waals surface area contributed by atoms with E-state index in [1.54, 1.807) is 30.3 Å². The van der Waals surface area contributed by atoms with E-state index in [1.807, 2.05) is 0 Å². The molecule has 33 heavy (non-hydrogen) atoms. The molecule has 9 heteroatoms. The van der Waals surface area contributed by atoms with Gasteiger partial charge in [0.1, 0.15) is 5.75 Å². The van der Waals surface area contributed by atoms with Gasteiger partial charge in [-0.3, -0.25) is 24.1 Å². The van der Waals surface area contributed by atoms with Crippen LogP contribution >= 0.6 is 11.6 Å². The lowest BCUT2D eigenvalue weighted by molar-refractivity contribution is -0.118. The molecule has 1 aliphatic heterocycles. The Morgan fingerprint density at radius 2 is 1.55 bits per heavy atom. The van der Waals surface area contributed by atoms with Crippen LogP contribution in [0.25, 0.3) is 0 Å². The summed E-state index contributed by atoms with van der Waals surface area (Å²) in [5.74, 6) is -2.80. The molecule has 0 fully saturated rings. The van der Waals surface area contributed by atoms with Crippen LogP contribution in [0, 0.1) is 0 Å². The lowest BCUT2D eigenvalue weighted by Gasteiger charge is -2.24. The van der Waals surface area contributed by atoms with E-state index < -0.39 is 29.5 Å². The zero-order valence-corrected chi connectivity index (χ0v) is 18.1. The number of Topliss-reactive ketones (excluding diaryl/α,β-unsaturated/α-hetero) is 1. The predicted molar refractivity (Wildman–Crippen MR) is 123 cm³/mol. The van der Waals surface area contributed by atoms with Gasteiger partial charge in [-0.05, 0) is 18.2 Å². The molecule has 0 bridgehead atoms. The number of benzene rings is 3. The van der Waals surface area contributed by atoms with Gasteiger partial charge in [0.05, 0.1) is 34.6 Å². The molecule has 3 N–H and O–H groups in total. The lowest BCUT2D eigenvalue weighted by Crippen LogP contribution is -2.52. The highest BCUT2D eigenvalue weighted by atomic mass is 35.5. The number of ether oxygens (including phenoxy) is 1. The molecule has 1 heterocycles. The number of nitrogens with one attached hydrogen (secondary N) is 1. The van der Waals surface area contributed by atoms with Crippen molar-refractivity contribution in [2.24, 2.45) is 0 Å². The Labute approximate surface area is 193 Å². The number of fused-ring (bicyclic) bond motifs is 1. The monoisotopic (exact) mass is 463 g/mol. The Morgan fingerprint density at radius 1 is 0.970 bits per heavy atom. The summed E-state index contributed by atoms with van der Waals surface area (Å²) in [5, 5.41) is 2.62. The van der Waals surface area contributed by atoms with Gasteiger partial charge in [0.25, 0.3) is 17.7 Å². The number of halogens is 1. The third-order valence-corrected chi connectivity index (χ3v) is 5.53. The molecular weight excluding hydrogens is 446 g/mol. The summed E-state index contributed by atoms with van der Waals surface area (Å²) in [5.41, 5.74) is 6.60. The molecular formula is C24H18ClN3O5. The van der Waals surface area contributed by atoms with Crippen LogP contribution in [-0.4, -0.2) is 41.6 Å². The van der Waals surface area contributed by atoms with Crippen molar-refractivity contribution in [1.29, 1.82) is 0 Å². The maximum Gasteiger partial charge on any atom is 0.262 e. The van der Waals surface area contributed by atoms with Crippen molar-refractivity contribution in [3.05, 3.63) is 88.4 Å². The van der Waals surface area contributed by atoms with Crippen molar-refractivity contribution < 1.29 is 23.9 Å². The molecule has 166 valence electrons. The summed E-state index contributed by atoms with van der Waals surface area (Å²) in [4.78, 5) is 53.5. The van der Waals surface area contributed by atoms with E-state index in [0.29, 0.717) is 10.6 Å². The fourth-order valence-electron chi connectivity index (χ4n) is 3.60. The molecule has 0 saturated heterocycles. The predicted octanol–water partition coefficient (Wildman–Crippen LogP) is 3.42. The van der Waals surface area contributed by atoms with Crippen molar-refractivity contribution in [2.75, 3.05) is 18.2 Å². The van der Waals surface area contributed by atoms with Gasteiger partial charge in [-0.25, -0.2) is 0 Å². The van der Waals surface area contributed by atoms with E-state index in [1.165, 1.54) is 43.5 Å². The summed E-state index contributed by atoms with van der Waals surface area (Å²) < 4.78 is 5.10. The van der Waals surface area contributed by atoms with Crippen molar-refractivity contribution in [1.82, 2.24) is 4.90 Å². The van der Waals surface area contributed by atoms with Crippen LogP contribution in [-0.2, 0) is 4.79 Å². The standard InChI is InChI=1S/C24H18ClN3O5/c1-33-19-11-16(25)18(12-17(19)26)27-22(30)20(21(29)13-7-3-2-4-8-13)28-23(31)14-9-5-6-10-15(14)24(28)32/h2-12,20H,26H2,1H3,(H,27,30). The number of nitrogens with zero attached hydrogens (tertiary/aromatic N) is 1. The van der Waals surface area contributed by atoms with Crippen molar-refractivity contribution in [3.8, 4) is 5.75 Å². The van der Waals surface area contributed by atoms with Crippen molar-refractivity contribution in [3.63, 3.8) is 0 Å². The maximum atomic E-state index is 13.4. The zero-order chi connectivity index (χ0) is 23.7. The van der Waals surface area contributed by atoms with Crippen molar-refractivity contribution >= 4 is 46.5 Å². The average Bonchev–Trinajstić information content (AvgIpc) is 3.07. The van der Waals surface area contributed by atoms with E-state index in [9.17, 15) is 19.2 Å². The second-order valence-electron chi connectivity index (χ2n) is 7.22. The number of carbonyl (C=O) groups excluding carboxylic acids is 4. The quantitative estimate of drug-likeness (QED) is 0.250. The summed E-state index contributed by atoms with van der Waals surface area (Å²) in [6.07, 6.45) is 0. The highest BCUT2D eigenvalue weighted by Crippen LogP contribution is 2.33. The van der Waals surface area contributed by atoms with Crippen LogP contribution in [0.3, 0.4) is 0 Å². The van der Waals surface area contributed by atoms with Crippen LogP contribution < -0.4 is 15.8 Å². The minimum atomic E-state index is -1.76. The molecule has 1 unspecified atom stereocenters. The SMILES string of the molecule is COc1cc(Cl)c(NC(=O)C(C(=O)c2ccccc2)N2C(=O)c3ccccc3C2=O)cc1N. The van der Waals surface area contributed by atoms with Gasteiger partial charge in [0.15, 0.2) is 11.8 Å². The third-order valence-electron chi connectivity index (χ3n) is 5.22. The minimum absolute atomic E-state index is 0.0995. The largest absolute Gasteiger partial charge is 0.495 e. The number of hydrogen-bond donors (Lipinski definition) is 2. The number of hydrogen-bond acceptors (Lipinski definition) is 6. The lowest BCUT2D eigenvalue weighted by atomic mass is 10.0. The van der Waals surface area contributed by atoms with Gasteiger partial charge >= 0.3 is 0 Å². The summed E-state index contributed by atoms with van der Waals surface area (Å²) in [6.45, 7) is 0. The van der Waals surface area contributed by atoms with Crippen LogP contribution in [0.2, 0.25) is 5.02 Å². The second-order valence-corrected chi connectivity index (χ2v) is 7.63. The molecule has 0 saturated carbocycles. The van der Waals surface area contributed by atoms with Crippen molar-refractivity contribution in [2.45, 2.75) is 6.04 Å². The molecule has 0 aliphatic carbocycles. The highest BCUT2D eigenvalue weighted by Gasteiger charge is 2.46. The van der Waals surface area contributed by atoms with E-state index in [-0.39, 0.29) is 33.1 Å². The first-order valence-electron chi connectivity index (χ1n) is 9.83. The van der Waals surface area contributed by atoms with Crippen LogP contribution in [0.4, 0.5) is 11.4 Å². The number of anilines is 2. The van der Waals surface area contributed by atoms with Gasteiger partial charge < -0.3 is 15.8 Å². The molecule has 4 rings (SSSR count). The number of rotatable bonds is 6. The van der Waals surface area contributed by atoms with Gasteiger partial charge in [-0.1, -0.05) is 54.1 Å². The molecule has 3 amide bonds. The molecule has 0 spiro atoms. The van der Waals surface area contributed by atoms with E-state index in [4.69, 9.17) is 22.1 Å². The summed E-state index contributed by atoms with van der Waals surface area (Å²) in [6, 6.07) is 15.1. The third kappa shape index (κ3) is 3.92. The molecule has 3 aromatic rings. The summed E-state index contributed by atoms with van der Waals surface area (Å²) >= 11 is 6.23. The maximum absolute atomic E-state index is 13.4. The van der Waals surface area contributed by atoms with Gasteiger partial charge in [-0.2, -0.15) is 0 Å². The smallest absolute Gasteiger partial charge is 0.262 e. The van der Waals surface area contributed by atoms with Gasteiger partial charge in [-0.15, -0.1) is 0 Å². The first kappa shape index (κ1) is 22.0. The number of amides is 3. The van der Waals surface area contributed by atoms with E-state index in [2.05, 4.69) is 5.32 Å². The zero-order valence-electron chi connectivity index (χ0n) is 17.4. The number of ketones is 1. The minimum Gasteiger partial charge on any atom is -0.495 e. The Hall–Kier alpha value is -4.17. The number of nitrogens with two attached hydrogens (primary N) is 1. The molecule has 0 aromatic heterocycles. The molecule has 1 atom stereocenters. The Balaban J connectivity index is 1.75. The van der Waals surface area contributed by atoms with E-state index in [0.717, 1.165) is 0 Å². The second kappa shape index (κ2) is 8.76. The molecule has 0 radical (unpaired) electrons.